The molecule has 1 unspecified atom stereocenters. The van der Waals surface area contributed by atoms with Crippen molar-refractivity contribution in [2.75, 3.05) is 0 Å². The molecular weight excluding hydrogens is 224 g/mol. The maximum atomic E-state index is 11.5. The van der Waals surface area contributed by atoms with Crippen molar-refractivity contribution >= 4 is 17.4 Å². The van der Waals surface area contributed by atoms with E-state index in [9.17, 15) is 4.79 Å². The summed E-state index contributed by atoms with van der Waals surface area (Å²) in [6.07, 6.45) is 6.14. The van der Waals surface area contributed by atoms with E-state index in [2.05, 4.69) is 12.0 Å². The summed E-state index contributed by atoms with van der Waals surface area (Å²) in [6.45, 7) is 3.00. The van der Waals surface area contributed by atoms with Crippen LogP contribution in [-0.4, -0.2) is 15.6 Å². The second kappa shape index (κ2) is 5.00. The Morgan fingerprint density at radius 1 is 1.62 bits per heavy atom. The van der Waals surface area contributed by atoms with Gasteiger partial charge in [0.05, 0.1) is 16.9 Å². The molecule has 1 fully saturated rings. The molecule has 1 aliphatic rings. The van der Waals surface area contributed by atoms with Crippen LogP contribution in [0.15, 0.2) is 6.20 Å². The second-order valence-corrected chi connectivity index (χ2v) is 4.84. The third kappa shape index (κ3) is 2.29. The Balaban J connectivity index is 2.23. The molecule has 2 rings (SSSR count). The molecule has 16 heavy (non-hydrogen) atoms. The number of Topliss-reactive ketones (excluding diaryl/α,β-unsaturated/α-hetero) is 1. The van der Waals surface area contributed by atoms with Gasteiger partial charge in [0, 0.05) is 25.3 Å². The first-order valence-corrected chi connectivity index (χ1v) is 6.33. The van der Waals surface area contributed by atoms with Gasteiger partial charge in [0.2, 0.25) is 0 Å². The van der Waals surface area contributed by atoms with Crippen LogP contribution in [0.4, 0.5) is 0 Å². The van der Waals surface area contributed by atoms with Crippen molar-refractivity contribution in [2.45, 2.75) is 51.5 Å². The van der Waals surface area contributed by atoms with Gasteiger partial charge in [-0.25, -0.2) is 0 Å². The summed E-state index contributed by atoms with van der Waals surface area (Å²) < 4.78 is 1.96. The normalized spacial score (nSPS) is 21.4. The molecule has 3 nitrogen and oxygen atoms in total. The van der Waals surface area contributed by atoms with Gasteiger partial charge in [0.15, 0.2) is 0 Å². The monoisotopic (exact) mass is 240 g/mol. The number of hydrogen-bond acceptors (Lipinski definition) is 2. The lowest BCUT2D eigenvalue weighted by atomic mass is 9.86. The minimum Gasteiger partial charge on any atom is -0.300 e. The van der Waals surface area contributed by atoms with Gasteiger partial charge in [0.25, 0.3) is 0 Å². The standard InChI is InChI=1S/C12H17ClN2O/c1-2-6-15-12(11(13)8-14-15)9-4-3-5-10(16)7-9/h8-9H,2-7H2,1H3. The van der Waals surface area contributed by atoms with Gasteiger partial charge >= 0.3 is 0 Å². The van der Waals surface area contributed by atoms with Gasteiger partial charge in [-0.2, -0.15) is 5.10 Å². The smallest absolute Gasteiger partial charge is 0.133 e. The highest BCUT2D eigenvalue weighted by Crippen LogP contribution is 2.34. The minimum atomic E-state index is 0.280. The molecule has 0 aliphatic heterocycles. The van der Waals surface area contributed by atoms with E-state index < -0.39 is 0 Å². The Morgan fingerprint density at radius 3 is 3.12 bits per heavy atom. The average molecular weight is 241 g/mol. The van der Waals surface area contributed by atoms with E-state index in [-0.39, 0.29) is 5.92 Å². The number of aromatic nitrogens is 2. The van der Waals surface area contributed by atoms with Crippen LogP contribution in [0.25, 0.3) is 0 Å². The van der Waals surface area contributed by atoms with Crippen molar-refractivity contribution in [1.82, 2.24) is 9.78 Å². The molecule has 0 aromatic carbocycles. The summed E-state index contributed by atoms with van der Waals surface area (Å²) in [5.41, 5.74) is 1.07. The highest BCUT2D eigenvalue weighted by atomic mass is 35.5. The molecule has 1 atom stereocenters. The van der Waals surface area contributed by atoms with Crippen LogP contribution in [0.3, 0.4) is 0 Å². The zero-order valence-electron chi connectivity index (χ0n) is 9.58. The Morgan fingerprint density at radius 2 is 2.44 bits per heavy atom. The topological polar surface area (TPSA) is 34.9 Å². The highest BCUT2D eigenvalue weighted by Gasteiger charge is 2.26. The van der Waals surface area contributed by atoms with Gasteiger partial charge in [-0.1, -0.05) is 18.5 Å². The molecular formula is C12H17ClN2O. The highest BCUT2D eigenvalue weighted by molar-refractivity contribution is 6.31. The lowest BCUT2D eigenvalue weighted by molar-refractivity contribution is -0.120. The van der Waals surface area contributed by atoms with E-state index in [4.69, 9.17) is 11.6 Å². The van der Waals surface area contributed by atoms with Crippen molar-refractivity contribution in [1.29, 1.82) is 0 Å². The molecule has 1 aromatic heterocycles. The maximum Gasteiger partial charge on any atom is 0.133 e. The van der Waals surface area contributed by atoms with Gasteiger partial charge in [-0.3, -0.25) is 9.48 Å². The minimum absolute atomic E-state index is 0.280. The van der Waals surface area contributed by atoms with Crippen molar-refractivity contribution in [3.05, 3.63) is 16.9 Å². The Kier molecular flexibility index (Phi) is 3.64. The maximum absolute atomic E-state index is 11.5. The van der Waals surface area contributed by atoms with Crippen LogP contribution in [0.1, 0.15) is 50.6 Å². The van der Waals surface area contributed by atoms with E-state index in [1.165, 1.54) is 0 Å². The summed E-state index contributed by atoms with van der Waals surface area (Å²) in [7, 11) is 0. The third-order valence-electron chi connectivity index (χ3n) is 3.14. The molecule has 0 amide bonds. The Hall–Kier alpha value is -0.830. The largest absolute Gasteiger partial charge is 0.300 e. The van der Waals surface area contributed by atoms with Crippen molar-refractivity contribution < 1.29 is 4.79 Å². The number of carbonyl (C=O) groups excluding carboxylic acids is 1. The first-order chi connectivity index (χ1) is 7.72. The van der Waals surface area contributed by atoms with Crippen LogP contribution >= 0.6 is 11.6 Å². The van der Waals surface area contributed by atoms with Crippen molar-refractivity contribution in [3.63, 3.8) is 0 Å². The molecule has 0 N–H and O–H groups in total. The molecule has 1 saturated carbocycles. The summed E-state index contributed by atoms with van der Waals surface area (Å²) in [5.74, 6) is 0.638. The number of aryl methyl sites for hydroxylation is 1. The van der Waals surface area contributed by atoms with E-state index in [0.717, 1.165) is 37.9 Å². The first-order valence-electron chi connectivity index (χ1n) is 5.95. The van der Waals surface area contributed by atoms with E-state index in [0.29, 0.717) is 17.2 Å². The fourth-order valence-electron chi connectivity index (χ4n) is 2.43. The molecule has 0 spiro atoms. The molecule has 1 aliphatic carbocycles. The van der Waals surface area contributed by atoms with Gasteiger partial charge in [-0.05, 0) is 19.3 Å². The van der Waals surface area contributed by atoms with Gasteiger partial charge in [0.1, 0.15) is 5.78 Å². The summed E-state index contributed by atoms with van der Waals surface area (Å²) >= 11 is 6.17. The van der Waals surface area contributed by atoms with Crippen molar-refractivity contribution in [3.8, 4) is 0 Å². The second-order valence-electron chi connectivity index (χ2n) is 4.43. The van der Waals surface area contributed by atoms with E-state index in [1.807, 2.05) is 4.68 Å². The number of carbonyl (C=O) groups is 1. The molecule has 1 heterocycles. The molecule has 0 saturated heterocycles. The first kappa shape index (κ1) is 11.6. The summed E-state index contributed by atoms with van der Waals surface area (Å²) in [4.78, 5) is 11.5. The fourth-order valence-corrected chi connectivity index (χ4v) is 2.72. The lowest BCUT2D eigenvalue weighted by Crippen LogP contribution is -2.17. The van der Waals surface area contributed by atoms with Crippen LogP contribution in [0, 0.1) is 0 Å². The van der Waals surface area contributed by atoms with Gasteiger partial charge in [-0.15, -0.1) is 0 Å². The van der Waals surface area contributed by atoms with Crippen LogP contribution in [0.2, 0.25) is 5.02 Å². The zero-order valence-corrected chi connectivity index (χ0v) is 10.3. The van der Waals surface area contributed by atoms with E-state index in [1.54, 1.807) is 6.20 Å². The van der Waals surface area contributed by atoms with E-state index >= 15 is 0 Å². The predicted octanol–water partition coefficient (Wildman–Crippen LogP) is 3.17. The third-order valence-corrected chi connectivity index (χ3v) is 3.43. The number of nitrogens with zero attached hydrogens (tertiary/aromatic N) is 2. The SMILES string of the molecule is CCCn1ncc(Cl)c1C1CCCC(=O)C1. The number of rotatable bonds is 3. The number of hydrogen-bond donors (Lipinski definition) is 0. The van der Waals surface area contributed by atoms with Crippen LogP contribution in [0.5, 0.6) is 0 Å². The summed E-state index contributed by atoms with van der Waals surface area (Å²) in [5, 5.41) is 4.99. The molecule has 88 valence electrons. The van der Waals surface area contributed by atoms with Crippen molar-refractivity contribution in [2.24, 2.45) is 0 Å². The number of halogens is 1. The van der Waals surface area contributed by atoms with Crippen LogP contribution in [-0.2, 0) is 11.3 Å². The Bertz CT molecular complexity index is 386. The lowest BCUT2D eigenvalue weighted by Gasteiger charge is -2.22. The summed E-state index contributed by atoms with van der Waals surface area (Å²) in [6, 6.07) is 0. The molecule has 4 heteroatoms. The van der Waals surface area contributed by atoms with Crippen LogP contribution < -0.4 is 0 Å². The Labute approximate surface area is 101 Å². The molecule has 1 aromatic rings. The molecule has 0 radical (unpaired) electrons. The zero-order chi connectivity index (χ0) is 11.5. The molecule has 0 bridgehead atoms. The number of ketones is 1. The fraction of sp³-hybridized carbons (Fsp3) is 0.667. The quantitative estimate of drug-likeness (QED) is 0.814. The predicted molar refractivity (Wildman–Crippen MR) is 63.7 cm³/mol. The average Bonchev–Trinajstić information content (AvgIpc) is 2.60. The van der Waals surface area contributed by atoms with Gasteiger partial charge < -0.3 is 0 Å².